The average Bonchev–Trinajstić information content (AvgIpc) is 2.98. The molecule has 2 saturated carbocycles. The lowest BCUT2D eigenvalue weighted by molar-refractivity contribution is -0.225. The van der Waals surface area contributed by atoms with Gasteiger partial charge < -0.3 is 14.2 Å². The van der Waals surface area contributed by atoms with E-state index in [4.69, 9.17) is 14.0 Å². The van der Waals surface area contributed by atoms with E-state index in [-0.39, 0.29) is 17.8 Å². The number of hydrogen-bond acceptors (Lipinski definition) is 6. The molecule has 3 fully saturated rings. The van der Waals surface area contributed by atoms with E-state index >= 15 is 0 Å². The standard InChI is InChI=1S/C15H22F2O7S/c1-9-5-11-7-13(11,6-10(2)15(9)23-3-4-24-15)12(18)22-8-14(16,17)25(19,20)21/h9-11H,3-8H2,1-2H3,(H,19,20,21). The molecule has 144 valence electrons. The van der Waals surface area contributed by atoms with Crippen molar-refractivity contribution in [3.63, 3.8) is 0 Å². The summed E-state index contributed by atoms with van der Waals surface area (Å²) in [7, 11) is -5.63. The van der Waals surface area contributed by atoms with E-state index in [1.807, 2.05) is 13.8 Å². The van der Waals surface area contributed by atoms with Crippen LogP contribution in [0, 0.1) is 23.2 Å². The smallest absolute Gasteiger partial charge is 0.402 e. The summed E-state index contributed by atoms with van der Waals surface area (Å²) in [4.78, 5) is 12.4. The van der Waals surface area contributed by atoms with Crippen LogP contribution < -0.4 is 0 Å². The predicted molar refractivity (Wildman–Crippen MR) is 80.2 cm³/mol. The Morgan fingerprint density at radius 2 is 1.84 bits per heavy atom. The predicted octanol–water partition coefficient (Wildman–Crippen LogP) is 1.83. The molecule has 0 aromatic heterocycles. The molecule has 0 amide bonds. The minimum absolute atomic E-state index is 0.0337. The van der Waals surface area contributed by atoms with E-state index in [0.29, 0.717) is 32.5 Å². The van der Waals surface area contributed by atoms with Gasteiger partial charge in [-0.25, -0.2) is 0 Å². The van der Waals surface area contributed by atoms with Crippen LogP contribution in [0.3, 0.4) is 0 Å². The molecule has 0 aromatic carbocycles. The fourth-order valence-electron chi connectivity index (χ4n) is 4.42. The van der Waals surface area contributed by atoms with E-state index in [2.05, 4.69) is 4.74 Å². The molecule has 0 radical (unpaired) electrons. The van der Waals surface area contributed by atoms with E-state index in [0.717, 1.165) is 0 Å². The fraction of sp³-hybridized carbons (Fsp3) is 0.933. The van der Waals surface area contributed by atoms with E-state index in [9.17, 15) is 22.0 Å². The lowest BCUT2D eigenvalue weighted by Gasteiger charge is -2.38. The molecule has 1 heterocycles. The number of hydrogen-bond donors (Lipinski definition) is 1. The zero-order valence-corrected chi connectivity index (χ0v) is 14.9. The van der Waals surface area contributed by atoms with Crippen LogP contribution in [-0.2, 0) is 29.1 Å². The lowest BCUT2D eigenvalue weighted by Crippen LogP contribution is -2.44. The molecule has 1 saturated heterocycles. The number of alkyl halides is 2. The summed E-state index contributed by atoms with van der Waals surface area (Å²) < 4.78 is 72.6. The number of fused-ring (bicyclic) bond motifs is 1. The third-order valence-corrected chi connectivity index (χ3v) is 6.68. The van der Waals surface area contributed by atoms with Gasteiger partial charge in [-0.2, -0.15) is 17.2 Å². The maximum Gasteiger partial charge on any atom is 0.402 e. The van der Waals surface area contributed by atoms with Gasteiger partial charge in [-0.05, 0) is 25.2 Å². The number of carbonyl (C=O) groups is 1. The molecule has 0 bridgehead atoms. The maximum atomic E-state index is 13.3. The monoisotopic (exact) mass is 384 g/mol. The molecular formula is C15H22F2O7S. The van der Waals surface area contributed by atoms with Gasteiger partial charge in [-0.1, -0.05) is 13.8 Å². The molecule has 1 aliphatic heterocycles. The highest BCUT2D eigenvalue weighted by Crippen LogP contribution is 2.65. The van der Waals surface area contributed by atoms with Crippen molar-refractivity contribution in [2.24, 2.45) is 23.2 Å². The third kappa shape index (κ3) is 2.96. The summed E-state index contributed by atoms with van der Waals surface area (Å²) in [6, 6.07) is 0. The van der Waals surface area contributed by atoms with Crippen LogP contribution in [0.25, 0.3) is 0 Å². The molecule has 3 rings (SSSR count). The Hall–Kier alpha value is -0.840. The number of ether oxygens (including phenoxy) is 3. The second-order valence-electron chi connectivity index (χ2n) is 7.41. The van der Waals surface area contributed by atoms with Gasteiger partial charge in [0.05, 0.1) is 18.6 Å². The number of carbonyl (C=O) groups excluding carboxylic acids is 1. The Bertz CT molecular complexity index is 659. The largest absolute Gasteiger partial charge is 0.458 e. The van der Waals surface area contributed by atoms with Crippen LogP contribution in [0.2, 0.25) is 0 Å². The molecule has 2 aliphatic carbocycles. The molecule has 7 nitrogen and oxygen atoms in total. The highest BCUT2D eigenvalue weighted by atomic mass is 32.2. The van der Waals surface area contributed by atoms with Crippen molar-refractivity contribution in [3.8, 4) is 0 Å². The minimum Gasteiger partial charge on any atom is -0.458 e. The van der Waals surface area contributed by atoms with Gasteiger partial charge >= 0.3 is 21.3 Å². The molecule has 1 spiro atoms. The van der Waals surface area contributed by atoms with Gasteiger partial charge in [0.15, 0.2) is 12.4 Å². The molecular weight excluding hydrogens is 362 g/mol. The summed E-state index contributed by atoms with van der Waals surface area (Å²) in [6.07, 6.45) is 1.50. The van der Waals surface area contributed by atoms with Gasteiger partial charge in [0.2, 0.25) is 0 Å². The van der Waals surface area contributed by atoms with E-state index in [1.54, 1.807) is 0 Å². The van der Waals surface area contributed by atoms with Crippen molar-refractivity contribution >= 4 is 16.1 Å². The van der Waals surface area contributed by atoms with Crippen LogP contribution >= 0.6 is 0 Å². The second kappa shape index (κ2) is 5.83. The summed E-state index contributed by atoms with van der Waals surface area (Å²) in [5, 5.41) is -4.52. The van der Waals surface area contributed by atoms with Crippen molar-refractivity contribution in [1.29, 1.82) is 0 Å². The van der Waals surface area contributed by atoms with Gasteiger partial charge in [0.1, 0.15) is 0 Å². The molecule has 4 atom stereocenters. The Balaban J connectivity index is 1.72. The summed E-state index contributed by atoms with van der Waals surface area (Å²) in [6.45, 7) is 3.12. The molecule has 0 aromatic rings. The van der Waals surface area contributed by atoms with Crippen LogP contribution in [-0.4, -0.2) is 49.8 Å². The lowest BCUT2D eigenvalue weighted by atomic mass is 9.84. The number of rotatable bonds is 4. The average molecular weight is 384 g/mol. The van der Waals surface area contributed by atoms with E-state index < -0.39 is 39.2 Å². The summed E-state index contributed by atoms with van der Waals surface area (Å²) in [5.41, 5.74) is -0.915. The van der Waals surface area contributed by atoms with Gasteiger partial charge in [-0.3, -0.25) is 9.35 Å². The molecule has 4 unspecified atom stereocenters. The Kier molecular flexibility index (Phi) is 4.42. The van der Waals surface area contributed by atoms with Crippen molar-refractivity contribution in [1.82, 2.24) is 0 Å². The second-order valence-corrected chi connectivity index (χ2v) is 8.95. The van der Waals surface area contributed by atoms with Crippen molar-refractivity contribution in [2.45, 2.75) is 44.2 Å². The first-order valence-electron chi connectivity index (χ1n) is 8.24. The fourth-order valence-corrected chi connectivity index (χ4v) is 4.63. The molecule has 3 aliphatic rings. The SMILES string of the molecule is CC1CC2CC2(C(=O)OCC(F)(F)S(=O)(=O)O)CC(C)C12OCCO2. The third-order valence-electron chi connectivity index (χ3n) is 5.81. The first-order chi connectivity index (χ1) is 11.4. The Labute approximate surface area is 144 Å². The first-order valence-corrected chi connectivity index (χ1v) is 9.68. The van der Waals surface area contributed by atoms with Crippen molar-refractivity contribution in [2.75, 3.05) is 19.8 Å². The molecule has 25 heavy (non-hydrogen) atoms. The zero-order valence-electron chi connectivity index (χ0n) is 14.0. The van der Waals surface area contributed by atoms with Gasteiger partial charge in [0, 0.05) is 11.8 Å². The number of esters is 1. The van der Waals surface area contributed by atoms with Crippen LogP contribution in [0.5, 0.6) is 0 Å². The van der Waals surface area contributed by atoms with Crippen LogP contribution in [0.15, 0.2) is 0 Å². The highest BCUT2D eigenvalue weighted by Gasteiger charge is 2.67. The molecule has 1 N–H and O–H groups in total. The highest BCUT2D eigenvalue weighted by molar-refractivity contribution is 7.86. The van der Waals surface area contributed by atoms with Crippen molar-refractivity contribution < 1.29 is 40.8 Å². The minimum atomic E-state index is -5.63. The first kappa shape index (κ1) is 18.9. The van der Waals surface area contributed by atoms with Crippen LogP contribution in [0.4, 0.5) is 8.78 Å². The summed E-state index contributed by atoms with van der Waals surface area (Å²) >= 11 is 0. The zero-order chi connectivity index (χ0) is 18.7. The quantitative estimate of drug-likeness (QED) is 0.583. The Morgan fingerprint density at radius 3 is 2.40 bits per heavy atom. The maximum absolute atomic E-state index is 13.3. The van der Waals surface area contributed by atoms with Gasteiger partial charge in [0.25, 0.3) is 0 Å². The molecule has 10 heteroatoms. The number of halogens is 2. The van der Waals surface area contributed by atoms with Crippen LogP contribution in [0.1, 0.15) is 33.1 Å². The van der Waals surface area contributed by atoms with Gasteiger partial charge in [-0.15, -0.1) is 0 Å². The van der Waals surface area contributed by atoms with E-state index in [1.165, 1.54) is 0 Å². The normalized spacial score (nSPS) is 37.4. The Morgan fingerprint density at radius 1 is 1.24 bits per heavy atom. The summed E-state index contributed by atoms with van der Waals surface area (Å²) in [5.74, 6) is -1.78. The van der Waals surface area contributed by atoms with Crippen molar-refractivity contribution in [3.05, 3.63) is 0 Å². The topological polar surface area (TPSA) is 99.1 Å².